The number of ketones is 1. The van der Waals surface area contributed by atoms with Gasteiger partial charge in [-0.3, -0.25) is 4.79 Å². The number of halogens is 1. The molecule has 1 aromatic rings. The van der Waals surface area contributed by atoms with Crippen LogP contribution in [0.3, 0.4) is 0 Å². The normalized spacial score (nSPS) is 10.1. The molecular weight excluding hydrogens is 216 g/mol. The number of hydrogen-bond acceptors (Lipinski definition) is 3. The van der Waals surface area contributed by atoms with Crippen LogP contribution in [0.2, 0.25) is 5.02 Å². The summed E-state index contributed by atoms with van der Waals surface area (Å²) in [6, 6.07) is 4.98. The van der Waals surface area contributed by atoms with Crippen molar-refractivity contribution < 1.29 is 14.3 Å². The van der Waals surface area contributed by atoms with E-state index >= 15 is 0 Å². The number of carbonyl (C=O) groups is 1. The van der Waals surface area contributed by atoms with Crippen molar-refractivity contribution in [3.8, 4) is 5.75 Å². The van der Waals surface area contributed by atoms with E-state index in [0.29, 0.717) is 29.5 Å². The van der Waals surface area contributed by atoms with Gasteiger partial charge in [0.25, 0.3) is 0 Å². The summed E-state index contributed by atoms with van der Waals surface area (Å²) in [5.41, 5.74) is 0.582. The van der Waals surface area contributed by atoms with Gasteiger partial charge in [-0.2, -0.15) is 0 Å². The Bertz CT molecular complexity index is 350. The Morgan fingerprint density at radius 1 is 1.40 bits per heavy atom. The Labute approximate surface area is 93.9 Å². The molecular formula is C11H13ClO3. The number of hydrogen-bond donors (Lipinski definition) is 0. The highest BCUT2D eigenvalue weighted by molar-refractivity contribution is 6.32. The molecule has 0 radical (unpaired) electrons. The summed E-state index contributed by atoms with van der Waals surface area (Å²) in [7, 11) is 1.60. The van der Waals surface area contributed by atoms with Crippen LogP contribution in [0.1, 0.15) is 17.3 Å². The number of benzene rings is 1. The van der Waals surface area contributed by atoms with Crippen LogP contribution in [0.4, 0.5) is 0 Å². The molecule has 1 rings (SSSR count). The van der Waals surface area contributed by atoms with E-state index in [1.165, 1.54) is 6.92 Å². The van der Waals surface area contributed by atoms with Crippen LogP contribution in [0.5, 0.6) is 5.75 Å². The van der Waals surface area contributed by atoms with Gasteiger partial charge in [0.2, 0.25) is 0 Å². The third-order valence-electron chi connectivity index (χ3n) is 1.88. The largest absolute Gasteiger partial charge is 0.490 e. The molecule has 15 heavy (non-hydrogen) atoms. The topological polar surface area (TPSA) is 35.5 Å². The van der Waals surface area contributed by atoms with Crippen molar-refractivity contribution in [1.29, 1.82) is 0 Å². The molecule has 0 saturated carbocycles. The number of Topliss-reactive ketones (excluding diaryl/α,β-unsaturated/α-hetero) is 1. The quantitative estimate of drug-likeness (QED) is 0.574. The van der Waals surface area contributed by atoms with Crippen LogP contribution >= 0.6 is 11.6 Å². The number of carbonyl (C=O) groups excluding carboxylic acids is 1. The molecule has 0 amide bonds. The van der Waals surface area contributed by atoms with Crippen LogP contribution in [-0.2, 0) is 4.74 Å². The third-order valence-corrected chi connectivity index (χ3v) is 2.18. The zero-order valence-corrected chi connectivity index (χ0v) is 9.50. The van der Waals surface area contributed by atoms with Gasteiger partial charge in [0.1, 0.15) is 12.4 Å². The summed E-state index contributed by atoms with van der Waals surface area (Å²) >= 11 is 5.93. The van der Waals surface area contributed by atoms with Gasteiger partial charge < -0.3 is 9.47 Å². The maximum Gasteiger partial charge on any atom is 0.159 e. The Balaban J connectivity index is 2.70. The van der Waals surface area contributed by atoms with E-state index in [2.05, 4.69) is 0 Å². The first-order valence-corrected chi connectivity index (χ1v) is 4.95. The molecule has 0 aliphatic carbocycles. The lowest BCUT2D eigenvalue weighted by Gasteiger charge is -2.07. The van der Waals surface area contributed by atoms with Crippen LogP contribution in [0, 0.1) is 0 Å². The first-order chi connectivity index (χ1) is 7.15. The molecule has 0 unspecified atom stereocenters. The minimum atomic E-state index is -0.0136. The molecule has 0 atom stereocenters. The maximum absolute atomic E-state index is 11.0. The van der Waals surface area contributed by atoms with Crippen molar-refractivity contribution >= 4 is 17.4 Å². The monoisotopic (exact) mass is 228 g/mol. The van der Waals surface area contributed by atoms with Crippen LogP contribution in [-0.4, -0.2) is 26.1 Å². The summed E-state index contributed by atoms with van der Waals surface area (Å²) < 4.78 is 10.2. The highest BCUT2D eigenvalue weighted by Crippen LogP contribution is 2.25. The molecule has 0 N–H and O–H groups in total. The van der Waals surface area contributed by atoms with E-state index in [4.69, 9.17) is 21.1 Å². The van der Waals surface area contributed by atoms with Gasteiger partial charge in [-0.15, -0.1) is 0 Å². The second-order valence-electron chi connectivity index (χ2n) is 3.04. The van der Waals surface area contributed by atoms with Gasteiger partial charge in [0.05, 0.1) is 11.6 Å². The van der Waals surface area contributed by atoms with E-state index in [-0.39, 0.29) is 5.78 Å². The van der Waals surface area contributed by atoms with Gasteiger partial charge in [0.15, 0.2) is 5.78 Å². The average molecular weight is 229 g/mol. The number of rotatable bonds is 5. The lowest BCUT2D eigenvalue weighted by molar-refractivity contribution is 0.101. The summed E-state index contributed by atoms with van der Waals surface area (Å²) in [5.74, 6) is 0.555. The summed E-state index contributed by atoms with van der Waals surface area (Å²) in [4.78, 5) is 11.0. The second kappa shape index (κ2) is 5.73. The van der Waals surface area contributed by atoms with Crippen molar-refractivity contribution in [3.05, 3.63) is 28.8 Å². The third kappa shape index (κ3) is 3.53. The van der Waals surface area contributed by atoms with Gasteiger partial charge in [-0.1, -0.05) is 11.6 Å². The fraction of sp³-hybridized carbons (Fsp3) is 0.364. The minimum Gasteiger partial charge on any atom is -0.490 e. The predicted molar refractivity (Wildman–Crippen MR) is 58.8 cm³/mol. The molecule has 0 aliphatic heterocycles. The molecule has 1 aromatic carbocycles. The summed E-state index contributed by atoms with van der Waals surface area (Å²) in [5, 5.41) is 0.443. The lowest BCUT2D eigenvalue weighted by atomic mass is 10.1. The summed E-state index contributed by atoms with van der Waals surface area (Å²) in [6.45, 7) is 2.44. The Kier molecular flexibility index (Phi) is 4.59. The fourth-order valence-electron chi connectivity index (χ4n) is 1.07. The smallest absolute Gasteiger partial charge is 0.159 e. The molecule has 0 saturated heterocycles. The number of ether oxygens (including phenoxy) is 2. The second-order valence-corrected chi connectivity index (χ2v) is 3.45. The molecule has 3 nitrogen and oxygen atoms in total. The summed E-state index contributed by atoms with van der Waals surface area (Å²) in [6.07, 6.45) is 0. The Morgan fingerprint density at radius 3 is 2.67 bits per heavy atom. The van der Waals surface area contributed by atoms with Crippen LogP contribution < -0.4 is 4.74 Å². The Hall–Kier alpha value is -1.06. The maximum atomic E-state index is 11.0. The molecule has 0 aromatic heterocycles. The van der Waals surface area contributed by atoms with E-state index in [0.717, 1.165) is 0 Å². The number of methoxy groups -OCH3 is 1. The van der Waals surface area contributed by atoms with Crippen molar-refractivity contribution in [2.75, 3.05) is 20.3 Å². The molecule has 0 spiro atoms. The zero-order valence-electron chi connectivity index (χ0n) is 8.75. The van der Waals surface area contributed by atoms with Crippen LogP contribution in [0.15, 0.2) is 18.2 Å². The standard InChI is InChI=1S/C11H13ClO3/c1-8(13)9-3-4-11(10(12)7-9)15-6-5-14-2/h3-4,7H,5-6H2,1-2H3. The first-order valence-electron chi connectivity index (χ1n) is 4.57. The van der Waals surface area contributed by atoms with E-state index in [1.807, 2.05) is 0 Å². The van der Waals surface area contributed by atoms with Gasteiger partial charge in [-0.25, -0.2) is 0 Å². The van der Waals surface area contributed by atoms with Crippen molar-refractivity contribution in [3.63, 3.8) is 0 Å². The van der Waals surface area contributed by atoms with E-state index in [1.54, 1.807) is 25.3 Å². The highest BCUT2D eigenvalue weighted by Gasteiger charge is 2.05. The van der Waals surface area contributed by atoms with Crippen LogP contribution in [0.25, 0.3) is 0 Å². The van der Waals surface area contributed by atoms with E-state index in [9.17, 15) is 4.79 Å². The molecule has 0 bridgehead atoms. The van der Waals surface area contributed by atoms with Gasteiger partial charge in [-0.05, 0) is 25.1 Å². The van der Waals surface area contributed by atoms with Gasteiger partial charge in [0, 0.05) is 12.7 Å². The fourth-order valence-corrected chi connectivity index (χ4v) is 1.31. The molecule has 0 aliphatic rings. The van der Waals surface area contributed by atoms with Crippen molar-refractivity contribution in [2.45, 2.75) is 6.92 Å². The lowest BCUT2D eigenvalue weighted by Crippen LogP contribution is -2.04. The zero-order chi connectivity index (χ0) is 11.3. The van der Waals surface area contributed by atoms with E-state index < -0.39 is 0 Å². The minimum absolute atomic E-state index is 0.0136. The molecule has 4 heteroatoms. The predicted octanol–water partition coefficient (Wildman–Crippen LogP) is 2.57. The highest BCUT2D eigenvalue weighted by atomic mass is 35.5. The average Bonchev–Trinajstić information content (AvgIpc) is 2.20. The SMILES string of the molecule is COCCOc1ccc(C(C)=O)cc1Cl. The first kappa shape index (κ1) is 12.0. The molecule has 0 heterocycles. The van der Waals surface area contributed by atoms with Gasteiger partial charge >= 0.3 is 0 Å². The Morgan fingerprint density at radius 2 is 2.13 bits per heavy atom. The molecule has 0 fully saturated rings. The molecule has 82 valence electrons. The van der Waals surface area contributed by atoms with Crippen molar-refractivity contribution in [2.24, 2.45) is 0 Å². The van der Waals surface area contributed by atoms with Crippen molar-refractivity contribution in [1.82, 2.24) is 0 Å².